The highest BCUT2D eigenvalue weighted by Gasteiger charge is 2.49. The molecule has 25 heavy (non-hydrogen) atoms. The molecule has 132 valence electrons. The Morgan fingerprint density at radius 1 is 0.880 bits per heavy atom. The summed E-state index contributed by atoms with van der Waals surface area (Å²) in [6, 6.07) is 15.7. The smallest absolute Gasteiger partial charge is 0.327 e. The van der Waals surface area contributed by atoms with Crippen LogP contribution in [0, 0.1) is 0 Å². The lowest BCUT2D eigenvalue weighted by Crippen LogP contribution is -2.46. The first-order chi connectivity index (χ1) is 12.1. The van der Waals surface area contributed by atoms with Crippen molar-refractivity contribution in [2.24, 2.45) is 0 Å². The van der Waals surface area contributed by atoms with E-state index in [1.807, 2.05) is 30.3 Å². The van der Waals surface area contributed by atoms with Gasteiger partial charge in [-0.1, -0.05) is 30.3 Å². The standard InChI is InChI=1S/C19H20O6/c1-23-17(21)19(12-13-20,18(22)24-2)14-8-10-16(11-9-14)25-15-6-4-3-5-7-15/h3-11,20H,12-13H2,1-2H3. The van der Waals surface area contributed by atoms with Crippen LogP contribution in [0.2, 0.25) is 0 Å². The molecule has 0 radical (unpaired) electrons. The summed E-state index contributed by atoms with van der Waals surface area (Å²) >= 11 is 0. The number of ether oxygens (including phenoxy) is 3. The number of esters is 2. The summed E-state index contributed by atoms with van der Waals surface area (Å²) in [5.74, 6) is -0.365. The Balaban J connectivity index is 2.37. The second-order valence-corrected chi connectivity index (χ2v) is 5.30. The van der Waals surface area contributed by atoms with Gasteiger partial charge in [0.25, 0.3) is 0 Å². The molecule has 1 N–H and O–H groups in total. The zero-order chi connectivity index (χ0) is 18.3. The fraction of sp³-hybridized carbons (Fsp3) is 0.263. The van der Waals surface area contributed by atoms with E-state index in [4.69, 9.17) is 14.2 Å². The van der Waals surface area contributed by atoms with E-state index in [1.165, 1.54) is 14.2 Å². The van der Waals surface area contributed by atoms with Gasteiger partial charge in [0.05, 0.1) is 14.2 Å². The molecule has 0 unspecified atom stereocenters. The molecule has 2 aromatic rings. The highest BCUT2D eigenvalue weighted by Crippen LogP contribution is 2.33. The Labute approximate surface area is 146 Å². The van der Waals surface area contributed by atoms with Gasteiger partial charge in [0.2, 0.25) is 0 Å². The Hall–Kier alpha value is -2.86. The number of aliphatic hydroxyl groups is 1. The lowest BCUT2D eigenvalue weighted by Gasteiger charge is -2.28. The summed E-state index contributed by atoms with van der Waals surface area (Å²) in [6.45, 7) is -0.382. The predicted octanol–water partition coefficient (Wildman–Crippen LogP) is 2.45. The third kappa shape index (κ3) is 3.80. The number of aliphatic hydroxyl groups excluding tert-OH is 1. The van der Waals surface area contributed by atoms with Crippen LogP contribution < -0.4 is 4.74 Å². The molecule has 0 saturated carbocycles. The normalized spacial score (nSPS) is 10.8. The van der Waals surface area contributed by atoms with E-state index in [2.05, 4.69) is 0 Å². The number of rotatable bonds is 7. The van der Waals surface area contributed by atoms with Crippen molar-refractivity contribution < 1.29 is 28.9 Å². The molecule has 0 aliphatic heterocycles. The number of carbonyl (C=O) groups excluding carboxylic acids is 2. The average Bonchev–Trinajstić information content (AvgIpc) is 2.66. The van der Waals surface area contributed by atoms with Crippen molar-refractivity contribution in [1.82, 2.24) is 0 Å². The van der Waals surface area contributed by atoms with Gasteiger partial charge in [-0.25, -0.2) is 0 Å². The van der Waals surface area contributed by atoms with Gasteiger partial charge in [0.1, 0.15) is 11.5 Å². The summed E-state index contributed by atoms with van der Waals surface area (Å²) in [6.07, 6.45) is -0.148. The molecule has 0 amide bonds. The molecule has 0 atom stereocenters. The van der Waals surface area contributed by atoms with Crippen LogP contribution in [0.1, 0.15) is 12.0 Å². The quantitative estimate of drug-likeness (QED) is 0.614. The van der Waals surface area contributed by atoms with Gasteiger partial charge in [0, 0.05) is 13.0 Å². The Kier molecular flexibility index (Phi) is 6.14. The first-order valence-electron chi connectivity index (χ1n) is 7.69. The van der Waals surface area contributed by atoms with Crippen molar-refractivity contribution in [1.29, 1.82) is 0 Å². The third-order valence-electron chi connectivity index (χ3n) is 3.88. The van der Waals surface area contributed by atoms with Gasteiger partial charge in [-0.15, -0.1) is 0 Å². The van der Waals surface area contributed by atoms with E-state index in [9.17, 15) is 14.7 Å². The van der Waals surface area contributed by atoms with Crippen LogP contribution in [0.15, 0.2) is 54.6 Å². The van der Waals surface area contributed by atoms with Crippen molar-refractivity contribution in [3.05, 3.63) is 60.2 Å². The van der Waals surface area contributed by atoms with Gasteiger partial charge < -0.3 is 19.3 Å². The average molecular weight is 344 g/mol. The molecule has 0 fully saturated rings. The molecule has 6 heteroatoms. The minimum atomic E-state index is -1.72. The van der Waals surface area contributed by atoms with Crippen molar-refractivity contribution >= 4 is 11.9 Å². The molecule has 0 spiro atoms. The zero-order valence-electron chi connectivity index (χ0n) is 14.1. The first-order valence-corrected chi connectivity index (χ1v) is 7.69. The van der Waals surface area contributed by atoms with E-state index in [-0.39, 0.29) is 13.0 Å². The largest absolute Gasteiger partial charge is 0.468 e. The highest BCUT2D eigenvalue weighted by atomic mass is 16.5. The topological polar surface area (TPSA) is 82.1 Å². The summed E-state index contributed by atoms with van der Waals surface area (Å²) in [5, 5.41) is 9.36. The summed E-state index contributed by atoms with van der Waals surface area (Å²) in [7, 11) is 2.37. The number of benzene rings is 2. The Bertz CT molecular complexity index is 692. The molecular formula is C19H20O6. The van der Waals surface area contributed by atoms with E-state index >= 15 is 0 Å². The Morgan fingerprint density at radius 3 is 1.88 bits per heavy atom. The maximum Gasteiger partial charge on any atom is 0.327 e. The van der Waals surface area contributed by atoms with Gasteiger partial charge in [-0.2, -0.15) is 0 Å². The second kappa shape index (κ2) is 8.30. The lowest BCUT2D eigenvalue weighted by atomic mass is 9.77. The molecule has 0 heterocycles. The fourth-order valence-electron chi connectivity index (χ4n) is 2.62. The maximum absolute atomic E-state index is 12.3. The van der Waals surface area contributed by atoms with E-state index in [1.54, 1.807) is 24.3 Å². The van der Waals surface area contributed by atoms with Gasteiger partial charge >= 0.3 is 11.9 Å². The molecule has 0 saturated heterocycles. The van der Waals surface area contributed by atoms with Crippen LogP contribution in [0.5, 0.6) is 11.5 Å². The number of para-hydroxylation sites is 1. The molecule has 2 aromatic carbocycles. The summed E-state index contributed by atoms with van der Waals surface area (Å²) in [4.78, 5) is 24.7. The first kappa shape index (κ1) is 18.5. The van der Waals surface area contributed by atoms with Crippen LogP contribution >= 0.6 is 0 Å². The minimum Gasteiger partial charge on any atom is -0.468 e. The van der Waals surface area contributed by atoms with Crippen molar-refractivity contribution in [2.45, 2.75) is 11.8 Å². The van der Waals surface area contributed by atoms with Gasteiger partial charge in [0.15, 0.2) is 5.41 Å². The maximum atomic E-state index is 12.3. The zero-order valence-corrected chi connectivity index (χ0v) is 14.1. The minimum absolute atomic E-state index is 0.148. The van der Waals surface area contributed by atoms with Gasteiger partial charge in [-0.05, 0) is 29.8 Å². The highest BCUT2D eigenvalue weighted by molar-refractivity contribution is 6.06. The molecule has 0 aliphatic carbocycles. The number of methoxy groups -OCH3 is 2. The number of hydrogen-bond acceptors (Lipinski definition) is 6. The van der Waals surface area contributed by atoms with Gasteiger partial charge in [-0.3, -0.25) is 9.59 Å². The van der Waals surface area contributed by atoms with Crippen LogP contribution in [0.25, 0.3) is 0 Å². The number of hydrogen-bond donors (Lipinski definition) is 1. The summed E-state index contributed by atoms with van der Waals surface area (Å²) < 4.78 is 15.3. The third-order valence-corrected chi connectivity index (χ3v) is 3.88. The van der Waals surface area contributed by atoms with E-state index in [0.717, 1.165) is 0 Å². The Morgan fingerprint density at radius 2 is 1.40 bits per heavy atom. The summed E-state index contributed by atoms with van der Waals surface area (Å²) in [5.41, 5.74) is -1.36. The molecular weight excluding hydrogens is 324 g/mol. The monoisotopic (exact) mass is 344 g/mol. The predicted molar refractivity (Wildman–Crippen MR) is 90.4 cm³/mol. The molecule has 6 nitrogen and oxygen atoms in total. The van der Waals surface area contributed by atoms with Crippen molar-refractivity contribution in [3.8, 4) is 11.5 Å². The molecule has 2 rings (SSSR count). The SMILES string of the molecule is COC(=O)C(CCO)(C(=O)OC)c1ccc(Oc2ccccc2)cc1. The molecule has 0 aliphatic rings. The van der Waals surface area contributed by atoms with Crippen molar-refractivity contribution in [3.63, 3.8) is 0 Å². The number of carbonyl (C=O) groups is 2. The lowest BCUT2D eigenvalue weighted by molar-refractivity contribution is -0.163. The van der Waals surface area contributed by atoms with Crippen LogP contribution in [-0.2, 0) is 24.5 Å². The van der Waals surface area contributed by atoms with E-state index < -0.39 is 17.4 Å². The molecule has 0 bridgehead atoms. The second-order valence-electron chi connectivity index (χ2n) is 5.30. The fourth-order valence-corrected chi connectivity index (χ4v) is 2.62. The van der Waals surface area contributed by atoms with E-state index in [0.29, 0.717) is 17.1 Å². The molecule has 0 aromatic heterocycles. The van der Waals surface area contributed by atoms with Crippen molar-refractivity contribution in [2.75, 3.05) is 20.8 Å². The van der Waals surface area contributed by atoms with Crippen LogP contribution in [0.3, 0.4) is 0 Å². The van der Waals surface area contributed by atoms with Crippen LogP contribution in [0.4, 0.5) is 0 Å². The van der Waals surface area contributed by atoms with Crippen LogP contribution in [-0.4, -0.2) is 37.9 Å².